The number of halogens is 4. The van der Waals surface area contributed by atoms with Gasteiger partial charge in [-0.2, -0.15) is 0 Å². The van der Waals surface area contributed by atoms with Crippen LogP contribution in [0.3, 0.4) is 0 Å². The fourth-order valence-corrected chi connectivity index (χ4v) is 3.00. The van der Waals surface area contributed by atoms with Crippen LogP contribution in [0.2, 0.25) is 10.0 Å². The molecular formula is C16H11Cl2F2NO. The third-order valence-corrected chi connectivity index (χ3v) is 4.22. The summed E-state index contributed by atoms with van der Waals surface area (Å²) < 4.78 is 27.1. The molecule has 0 saturated heterocycles. The van der Waals surface area contributed by atoms with Crippen LogP contribution >= 0.6 is 23.2 Å². The van der Waals surface area contributed by atoms with Crippen molar-refractivity contribution in [2.75, 3.05) is 0 Å². The minimum atomic E-state index is -0.876. The molecule has 114 valence electrons. The van der Waals surface area contributed by atoms with Crippen molar-refractivity contribution in [2.45, 2.75) is 18.4 Å². The summed E-state index contributed by atoms with van der Waals surface area (Å²) in [5.74, 6) is -2.48. The average Bonchev–Trinajstić information content (AvgIpc) is 3.17. The SMILES string of the molecule is O=C(N[C@@H]1C[C@@H]1c1ccc(Cl)cc1Cl)c1c(F)cccc1F. The molecule has 22 heavy (non-hydrogen) atoms. The number of hydrogen-bond acceptors (Lipinski definition) is 1. The number of hydrogen-bond donors (Lipinski definition) is 1. The fourth-order valence-electron chi connectivity index (χ4n) is 2.46. The molecule has 1 N–H and O–H groups in total. The molecular weight excluding hydrogens is 331 g/mol. The van der Waals surface area contributed by atoms with Crippen molar-refractivity contribution in [1.82, 2.24) is 5.32 Å². The highest BCUT2D eigenvalue weighted by molar-refractivity contribution is 6.35. The number of rotatable bonds is 3. The van der Waals surface area contributed by atoms with Gasteiger partial charge in [-0.15, -0.1) is 0 Å². The third-order valence-electron chi connectivity index (χ3n) is 3.66. The van der Waals surface area contributed by atoms with Crippen LogP contribution in [0.4, 0.5) is 8.78 Å². The Balaban J connectivity index is 1.72. The first-order valence-corrected chi connectivity index (χ1v) is 7.43. The summed E-state index contributed by atoms with van der Waals surface area (Å²) in [5.41, 5.74) is 0.306. The number of carbonyl (C=O) groups is 1. The van der Waals surface area contributed by atoms with Gasteiger partial charge in [-0.25, -0.2) is 8.78 Å². The molecule has 1 amide bonds. The monoisotopic (exact) mass is 341 g/mol. The summed E-state index contributed by atoms with van der Waals surface area (Å²) in [4.78, 5) is 12.0. The number of benzene rings is 2. The summed E-state index contributed by atoms with van der Waals surface area (Å²) >= 11 is 12.0. The van der Waals surface area contributed by atoms with Crippen molar-refractivity contribution in [3.8, 4) is 0 Å². The van der Waals surface area contributed by atoms with Gasteiger partial charge in [0.1, 0.15) is 17.2 Å². The average molecular weight is 342 g/mol. The maximum Gasteiger partial charge on any atom is 0.257 e. The molecule has 0 unspecified atom stereocenters. The lowest BCUT2D eigenvalue weighted by Gasteiger charge is -2.08. The molecule has 0 bridgehead atoms. The Morgan fingerprint density at radius 3 is 2.45 bits per heavy atom. The van der Waals surface area contributed by atoms with E-state index in [1.807, 2.05) is 0 Å². The summed E-state index contributed by atoms with van der Waals surface area (Å²) in [6.07, 6.45) is 0.670. The molecule has 1 aliphatic carbocycles. The maximum atomic E-state index is 13.6. The highest BCUT2D eigenvalue weighted by Crippen LogP contribution is 2.44. The molecule has 1 fully saturated rings. The Kier molecular flexibility index (Phi) is 4.06. The molecule has 1 aliphatic rings. The normalized spacial score (nSPS) is 19.8. The van der Waals surface area contributed by atoms with Crippen LogP contribution in [0, 0.1) is 11.6 Å². The van der Waals surface area contributed by atoms with E-state index in [-0.39, 0.29) is 12.0 Å². The first-order chi connectivity index (χ1) is 10.5. The quantitative estimate of drug-likeness (QED) is 0.871. The van der Waals surface area contributed by atoms with E-state index < -0.39 is 23.1 Å². The van der Waals surface area contributed by atoms with E-state index in [2.05, 4.69) is 5.32 Å². The van der Waals surface area contributed by atoms with Crippen LogP contribution in [0.5, 0.6) is 0 Å². The largest absolute Gasteiger partial charge is 0.348 e. The molecule has 3 rings (SSSR count). The minimum Gasteiger partial charge on any atom is -0.348 e. The first kappa shape index (κ1) is 15.3. The van der Waals surface area contributed by atoms with Gasteiger partial charge in [-0.05, 0) is 36.2 Å². The van der Waals surface area contributed by atoms with Gasteiger partial charge >= 0.3 is 0 Å². The second kappa shape index (κ2) is 5.86. The van der Waals surface area contributed by atoms with Crippen LogP contribution in [-0.2, 0) is 0 Å². The van der Waals surface area contributed by atoms with Crippen LogP contribution < -0.4 is 5.32 Å². The Hall–Kier alpha value is -1.65. The number of amides is 1. The van der Waals surface area contributed by atoms with E-state index in [1.165, 1.54) is 6.07 Å². The van der Waals surface area contributed by atoms with E-state index in [9.17, 15) is 13.6 Å². The lowest BCUT2D eigenvalue weighted by Crippen LogP contribution is -2.28. The Morgan fingerprint density at radius 2 is 1.82 bits per heavy atom. The molecule has 2 aromatic rings. The molecule has 0 radical (unpaired) electrons. The summed E-state index contributed by atoms with van der Waals surface area (Å²) in [5, 5.41) is 3.68. The molecule has 0 aromatic heterocycles. The zero-order valence-corrected chi connectivity index (χ0v) is 12.8. The molecule has 1 saturated carbocycles. The maximum absolute atomic E-state index is 13.6. The standard InChI is InChI=1S/C16H11Cl2F2NO/c17-8-4-5-9(11(18)6-8)10-7-14(10)21-16(22)15-12(19)2-1-3-13(15)20/h1-6,10,14H,7H2,(H,21,22)/t10-,14-/m1/s1. The summed E-state index contributed by atoms with van der Waals surface area (Å²) in [6, 6.07) is 8.28. The fraction of sp³-hybridized carbons (Fsp3) is 0.188. The van der Waals surface area contributed by atoms with Gasteiger partial charge < -0.3 is 5.32 Å². The molecule has 2 aromatic carbocycles. The predicted octanol–water partition coefficient (Wildman–Crippen LogP) is 4.56. The van der Waals surface area contributed by atoms with Crippen LogP contribution in [-0.4, -0.2) is 11.9 Å². The van der Waals surface area contributed by atoms with E-state index in [4.69, 9.17) is 23.2 Å². The van der Waals surface area contributed by atoms with E-state index in [1.54, 1.807) is 18.2 Å². The van der Waals surface area contributed by atoms with Crippen LogP contribution in [0.1, 0.15) is 28.3 Å². The smallest absolute Gasteiger partial charge is 0.257 e. The number of carbonyl (C=O) groups excluding carboxylic acids is 1. The van der Waals surface area contributed by atoms with Crippen molar-refractivity contribution in [3.63, 3.8) is 0 Å². The minimum absolute atomic E-state index is 0.0311. The summed E-state index contributed by atoms with van der Waals surface area (Å²) in [7, 11) is 0. The zero-order chi connectivity index (χ0) is 15.9. The zero-order valence-electron chi connectivity index (χ0n) is 11.2. The van der Waals surface area contributed by atoms with Crippen molar-refractivity contribution >= 4 is 29.1 Å². The highest BCUT2D eigenvalue weighted by atomic mass is 35.5. The highest BCUT2D eigenvalue weighted by Gasteiger charge is 2.41. The molecule has 0 aliphatic heterocycles. The predicted molar refractivity (Wildman–Crippen MR) is 81.4 cm³/mol. The van der Waals surface area contributed by atoms with Crippen molar-refractivity contribution in [3.05, 3.63) is 69.2 Å². The third kappa shape index (κ3) is 2.94. The molecule has 6 heteroatoms. The molecule has 0 spiro atoms. The lowest BCUT2D eigenvalue weighted by atomic mass is 10.1. The van der Waals surface area contributed by atoms with E-state index in [0.717, 1.165) is 17.7 Å². The molecule has 2 nitrogen and oxygen atoms in total. The van der Waals surface area contributed by atoms with Crippen molar-refractivity contribution in [2.24, 2.45) is 0 Å². The molecule has 2 atom stereocenters. The van der Waals surface area contributed by atoms with Gasteiger partial charge in [0.05, 0.1) is 0 Å². The Labute approximate surface area is 136 Å². The van der Waals surface area contributed by atoms with E-state index >= 15 is 0 Å². The molecule has 0 heterocycles. The second-order valence-corrected chi connectivity index (χ2v) is 6.03. The van der Waals surface area contributed by atoms with Gasteiger partial charge in [0, 0.05) is 22.0 Å². The van der Waals surface area contributed by atoms with Crippen molar-refractivity contribution < 1.29 is 13.6 Å². The van der Waals surface area contributed by atoms with Gasteiger partial charge in [0.2, 0.25) is 0 Å². The second-order valence-electron chi connectivity index (χ2n) is 5.18. The number of nitrogens with one attached hydrogen (secondary N) is 1. The topological polar surface area (TPSA) is 29.1 Å². The van der Waals surface area contributed by atoms with Gasteiger partial charge in [-0.1, -0.05) is 35.3 Å². The lowest BCUT2D eigenvalue weighted by molar-refractivity contribution is 0.0942. The van der Waals surface area contributed by atoms with Crippen LogP contribution in [0.25, 0.3) is 0 Å². The van der Waals surface area contributed by atoms with Crippen LogP contribution in [0.15, 0.2) is 36.4 Å². The van der Waals surface area contributed by atoms with Gasteiger partial charge in [0.15, 0.2) is 0 Å². The Bertz CT molecular complexity index is 731. The van der Waals surface area contributed by atoms with Gasteiger partial charge in [0.25, 0.3) is 5.91 Å². The first-order valence-electron chi connectivity index (χ1n) is 6.67. The summed E-state index contributed by atoms with van der Waals surface area (Å²) in [6.45, 7) is 0. The Morgan fingerprint density at radius 1 is 1.14 bits per heavy atom. The van der Waals surface area contributed by atoms with Crippen molar-refractivity contribution in [1.29, 1.82) is 0 Å². The van der Waals surface area contributed by atoms with Gasteiger partial charge in [-0.3, -0.25) is 4.79 Å². The van der Waals surface area contributed by atoms with E-state index in [0.29, 0.717) is 16.5 Å².